The molecule has 0 bridgehead atoms. The average Bonchev–Trinajstić information content (AvgIpc) is 2.42. The molecule has 0 heterocycles. The van der Waals surface area contributed by atoms with Gasteiger partial charge in [-0.05, 0) is 12.5 Å². The number of hydrogen-bond acceptors (Lipinski definition) is 4. The van der Waals surface area contributed by atoms with Gasteiger partial charge < -0.3 is 15.0 Å². The number of carbonyl (C=O) groups is 2. The zero-order valence-electron chi connectivity index (χ0n) is 11.2. The molecule has 0 atom stereocenters. The molecule has 6 nitrogen and oxygen atoms in total. The van der Waals surface area contributed by atoms with Gasteiger partial charge in [0, 0.05) is 0 Å². The van der Waals surface area contributed by atoms with Crippen LogP contribution in [0.1, 0.15) is 26.2 Å². The molecule has 0 aromatic rings. The summed E-state index contributed by atoms with van der Waals surface area (Å²) in [6.45, 7) is 2.09. The highest BCUT2D eigenvalue weighted by Crippen LogP contribution is 1.95. The van der Waals surface area contributed by atoms with Crippen molar-refractivity contribution >= 4 is 17.7 Å². The lowest BCUT2D eigenvalue weighted by Gasteiger charge is -1.96. The monoisotopic (exact) mass is 266 g/mol. The maximum absolute atomic E-state index is 11.3. The molecule has 104 valence electrons. The van der Waals surface area contributed by atoms with Crippen LogP contribution in [0.3, 0.4) is 0 Å². The first-order valence-electron chi connectivity index (χ1n) is 5.96. The minimum atomic E-state index is -1.05. The van der Waals surface area contributed by atoms with Crippen LogP contribution in [0.25, 0.3) is 5.53 Å². The molecule has 19 heavy (non-hydrogen) atoms. The van der Waals surface area contributed by atoms with Crippen molar-refractivity contribution in [1.82, 2.24) is 0 Å². The van der Waals surface area contributed by atoms with Crippen molar-refractivity contribution in [2.75, 3.05) is 13.7 Å². The second-order valence-electron chi connectivity index (χ2n) is 3.54. The van der Waals surface area contributed by atoms with Gasteiger partial charge in [-0.15, -0.1) is 0 Å². The van der Waals surface area contributed by atoms with E-state index in [4.69, 9.17) is 10.3 Å². The van der Waals surface area contributed by atoms with Gasteiger partial charge in [0.1, 0.15) is 6.61 Å². The molecule has 0 aromatic heterocycles. The second-order valence-corrected chi connectivity index (χ2v) is 3.54. The van der Waals surface area contributed by atoms with Crippen molar-refractivity contribution in [3.05, 3.63) is 29.8 Å². The Morgan fingerprint density at radius 3 is 2.47 bits per heavy atom. The van der Waals surface area contributed by atoms with Crippen LogP contribution >= 0.6 is 0 Å². The van der Waals surface area contributed by atoms with Crippen molar-refractivity contribution in [1.29, 1.82) is 0 Å². The topological polar surface area (TPSA) is 89.0 Å². The maximum atomic E-state index is 11.3. The van der Waals surface area contributed by atoms with Gasteiger partial charge in [-0.25, -0.2) is 9.59 Å². The van der Waals surface area contributed by atoms with E-state index in [1.165, 1.54) is 0 Å². The van der Waals surface area contributed by atoms with E-state index >= 15 is 0 Å². The number of allylic oxidation sites excluding steroid dienone is 3. The first-order valence-corrected chi connectivity index (χ1v) is 5.96. The molecule has 0 spiro atoms. The highest BCUT2D eigenvalue weighted by atomic mass is 16.5. The summed E-state index contributed by atoms with van der Waals surface area (Å²) in [6.07, 6.45) is 10.5. The van der Waals surface area contributed by atoms with Crippen LogP contribution in [0.2, 0.25) is 0 Å². The summed E-state index contributed by atoms with van der Waals surface area (Å²) in [4.78, 5) is 24.8. The van der Waals surface area contributed by atoms with Crippen LogP contribution in [0.15, 0.2) is 24.3 Å². The Kier molecular flexibility index (Phi) is 9.66. The first kappa shape index (κ1) is 16.8. The van der Waals surface area contributed by atoms with E-state index in [1.54, 1.807) is 12.2 Å². The average molecular weight is 266 g/mol. The summed E-state index contributed by atoms with van der Waals surface area (Å²) in [6, 6.07) is 0. The summed E-state index contributed by atoms with van der Waals surface area (Å²) in [7, 11) is 1.07. The first-order chi connectivity index (χ1) is 9.17. The Labute approximate surface area is 112 Å². The van der Waals surface area contributed by atoms with Gasteiger partial charge in [0.05, 0.1) is 7.11 Å². The van der Waals surface area contributed by atoms with Gasteiger partial charge in [-0.3, -0.25) is 0 Å². The summed E-state index contributed by atoms with van der Waals surface area (Å²) in [5, 5.41) is 0. The summed E-state index contributed by atoms with van der Waals surface area (Å²) >= 11 is 0. The van der Waals surface area contributed by atoms with Crippen molar-refractivity contribution in [2.24, 2.45) is 0 Å². The van der Waals surface area contributed by atoms with Gasteiger partial charge in [0.25, 0.3) is 0 Å². The molecule has 0 saturated carbocycles. The molecule has 0 rings (SSSR count). The number of unbranched alkanes of at least 4 members (excludes halogenated alkanes) is 2. The quantitative estimate of drug-likeness (QED) is 0.127. The van der Waals surface area contributed by atoms with Gasteiger partial charge in [-0.2, -0.15) is 4.79 Å². The fourth-order valence-electron chi connectivity index (χ4n) is 1.08. The van der Waals surface area contributed by atoms with Crippen LogP contribution in [0.4, 0.5) is 0 Å². The molecule has 0 amide bonds. The number of ether oxygens (including phenoxy) is 2. The van der Waals surface area contributed by atoms with Gasteiger partial charge in [0.2, 0.25) is 0 Å². The Morgan fingerprint density at radius 2 is 1.89 bits per heavy atom. The van der Waals surface area contributed by atoms with Crippen LogP contribution in [0, 0.1) is 0 Å². The molecule has 0 saturated heterocycles. The highest BCUT2D eigenvalue weighted by molar-refractivity contribution is 6.60. The minimum Gasteiger partial charge on any atom is -0.460 e. The fourth-order valence-corrected chi connectivity index (χ4v) is 1.08. The summed E-state index contributed by atoms with van der Waals surface area (Å²) in [5.74, 6) is -2.08. The molecule has 0 aliphatic rings. The zero-order chi connectivity index (χ0) is 14.5. The van der Waals surface area contributed by atoms with E-state index in [0.717, 1.165) is 26.4 Å². The van der Waals surface area contributed by atoms with E-state index < -0.39 is 17.7 Å². The predicted octanol–water partition coefficient (Wildman–Crippen LogP) is 1.68. The van der Waals surface area contributed by atoms with E-state index in [0.29, 0.717) is 0 Å². The number of carbonyl (C=O) groups excluding carboxylic acids is 2. The fraction of sp³-hybridized carbons (Fsp3) is 0.462. The lowest BCUT2D eigenvalue weighted by atomic mass is 10.2. The van der Waals surface area contributed by atoms with Crippen LogP contribution in [-0.2, 0) is 19.1 Å². The van der Waals surface area contributed by atoms with Gasteiger partial charge in [-0.1, -0.05) is 38.0 Å². The molecule has 0 aromatic carbocycles. The largest absolute Gasteiger partial charge is 0.482 e. The van der Waals surface area contributed by atoms with Gasteiger partial charge >= 0.3 is 17.7 Å². The summed E-state index contributed by atoms with van der Waals surface area (Å²) in [5.41, 5.74) is 7.70. The molecular weight excluding hydrogens is 248 g/mol. The molecular formula is C13H18N2O4. The SMILES string of the molecule is CCCCC=CC=CCOC(=O)C(=[N+]=[N-])C(=O)OC. The molecule has 0 fully saturated rings. The lowest BCUT2D eigenvalue weighted by Crippen LogP contribution is -2.28. The molecule has 0 unspecified atom stereocenters. The number of methoxy groups -OCH3 is 1. The number of rotatable bonds is 8. The Balaban J connectivity index is 4.04. The predicted molar refractivity (Wildman–Crippen MR) is 69.4 cm³/mol. The van der Waals surface area contributed by atoms with Crippen LogP contribution < -0.4 is 0 Å². The van der Waals surface area contributed by atoms with Crippen molar-refractivity contribution in [3.8, 4) is 0 Å². The Hall–Kier alpha value is -2.20. The highest BCUT2D eigenvalue weighted by Gasteiger charge is 2.32. The third-order valence-corrected chi connectivity index (χ3v) is 2.09. The van der Waals surface area contributed by atoms with Crippen LogP contribution in [-0.4, -0.2) is 36.2 Å². The second kappa shape index (κ2) is 10.9. The van der Waals surface area contributed by atoms with E-state index in [1.807, 2.05) is 12.2 Å². The molecule has 0 aliphatic carbocycles. The molecule has 0 N–H and O–H groups in total. The standard InChI is InChI=1S/C13H18N2O4/c1-3-4-5-6-7-8-9-10-19-13(17)11(15-14)12(16)18-2/h6-9H,3-5,10H2,1-2H3. The van der Waals surface area contributed by atoms with Gasteiger partial charge in [0.15, 0.2) is 0 Å². The van der Waals surface area contributed by atoms with Crippen molar-refractivity contribution in [3.63, 3.8) is 0 Å². The molecule has 6 heteroatoms. The molecule has 0 aliphatic heterocycles. The third-order valence-electron chi connectivity index (χ3n) is 2.09. The van der Waals surface area contributed by atoms with E-state index in [-0.39, 0.29) is 6.61 Å². The number of hydrogen-bond donors (Lipinski definition) is 0. The van der Waals surface area contributed by atoms with Crippen molar-refractivity contribution < 1.29 is 23.9 Å². The lowest BCUT2D eigenvalue weighted by molar-refractivity contribution is -0.147. The number of nitrogens with zero attached hydrogens (tertiary/aromatic N) is 2. The third kappa shape index (κ3) is 7.68. The van der Waals surface area contributed by atoms with Crippen molar-refractivity contribution in [2.45, 2.75) is 26.2 Å². The summed E-state index contributed by atoms with van der Waals surface area (Å²) < 4.78 is 8.94. The normalized spacial score (nSPS) is 10.4. The van der Waals surface area contributed by atoms with Crippen LogP contribution in [0.5, 0.6) is 0 Å². The zero-order valence-corrected chi connectivity index (χ0v) is 11.2. The number of esters is 2. The maximum Gasteiger partial charge on any atom is 0.482 e. The smallest absolute Gasteiger partial charge is 0.460 e. The molecule has 0 radical (unpaired) electrons. The van der Waals surface area contributed by atoms with E-state index in [2.05, 4.69) is 16.5 Å². The Morgan fingerprint density at radius 1 is 1.21 bits per heavy atom. The minimum absolute atomic E-state index is 0.0209. The van der Waals surface area contributed by atoms with E-state index in [9.17, 15) is 9.59 Å². The Bertz CT molecular complexity index is 407.